The zero-order valence-corrected chi connectivity index (χ0v) is 11.5. The fraction of sp³-hybridized carbons (Fsp3) is 0.429. The standard InChI is InChI=1S/C14H18N2O4/c1-3-11(14(18)19)16(2)13(17)9-5-4-6-10-12(9)20-8-7-15-10/h4-6,11,15H,3,7-8H2,1-2H3,(H,18,19). The van der Waals surface area contributed by atoms with Crippen LogP contribution in [0.2, 0.25) is 0 Å². The van der Waals surface area contributed by atoms with Gasteiger partial charge in [-0.2, -0.15) is 0 Å². The highest BCUT2D eigenvalue weighted by Crippen LogP contribution is 2.32. The van der Waals surface area contributed by atoms with Gasteiger partial charge in [0.2, 0.25) is 0 Å². The van der Waals surface area contributed by atoms with Crippen LogP contribution in [0.25, 0.3) is 0 Å². The maximum Gasteiger partial charge on any atom is 0.326 e. The molecule has 2 rings (SSSR count). The van der Waals surface area contributed by atoms with Gasteiger partial charge in [-0.15, -0.1) is 0 Å². The predicted octanol–water partition coefficient (Wildman–Crippen LogP) is 1.43. The van der Waals surface area contributed by atoms with Crippen LogP contribution >= 0.6 is 0 Å². The van der Waals surface area contributed by atoms with Crippen LogP contribution < -0.4 is 10.1 Å². The monoisotopic (exact) mass is 278 g/mol. The summed E-state index contributed by atoms with van der Waals surface area (Å²) in [4.78, 5) is 24.9. The first kappa shape index (κ1) is 14.2. The van der Waals surface area contributed by atoms with Crippen LogP contribution in [0.5, 0.6) is 5.75 Å². The number of hydrogen-bond donors (Lipinski definition) is 2. The molecule has 6 heteroatoms. The van der Waals surface area contributed by atoms with Gasteiger partial charge in [-0.1, -0.05) is 13.0 Å². The van der Waals surface area contributed by atoms with Crippen LogP contribution in [0.3, 0.4) is 0 Å². The molecule has 1 aromatic rings. The van der Waals surface area contributed by atoms with E-state index in [9.17, 15) is 9.59 Å². The van der Waals surface area contributed by atoms with Gasteiger partial charge in [0.1, 0.15) is 12.6 Å². The van der Waals surface area contributed by atoms with Crippen LogP contribution in [-0.4, -0.2) is 48.1 Å². The molecule has 0 saturated heterocycles. The number of nitrogens with one attached hydrogen (secondary N) is 1. The van der Waals surface area contributed by atoms with Crippen molar-refractivity contribution in [2.45, 2.75) is 19.4 Å². The molecule has 0 saturated carbocycles. The Morgan fingerprint density at radius 3 is 2.90 bits per heavy atom. The van der Waals surface area contributed by atoms with Crippen molar-refractivity contribution in [3.63, 3.8) is 0 Å². The van der Waals surface area contributed by atoms with Crippen molar-refractivity contribution in [1.29, 1.82) is 0 Å². The highest BCUT2D eigenvalue weighted by atomic mass is 16.5. The number of likely N-dealkylation sites (N-methyl/N-ethyl adjacent to an activating group) is 1. The predicted molar refractivity (Wildman–Crippen MR) is 74.2 cm³/mol. The van der Waals surface area contributed by atoms with E-state index in [0.29, 0.717) is 30.9 Å². The second kappa shape index (κ2) is 5.81. The van der Waals surface area contributed by atoms with Gasteiger partial charge in [-0.25, -0.2) is 4.79 Å². The third kappa shape index (κ3) is 2.54. The number of carbonyl (C=O) groups excluding carboxylic acids is 1. The summed E-state index contributed by atoms with van der Waals surface area (Å²) in [6.45, 7) is 2.91. The Hall–Kier alpha value is -2.24. The van der Waals surface area contributed by atoms with E-state index in [0.717, 1.165) is 5.69 Å². The SMILES string of the molecule is CCC(C(=O)O)N(C)C(=O)c1cccc2c1OCCN2. The lowest BCUT2D eigenvalue weighted by molar-refractivity contribution is -0.142. The first-order valence-corrected chi connectivity index (χ1v) is 6.56. The van der Waals surface area contributed by atoms with Crippen molar-refractivity contribution in [3.05, 3.63) is 23.8 Å². The number of ether oxygens (including phenoxy) is 1. The quantitative estimate of drug-likeness (QED) is 0.871. The number of carboxylic acids is 1. The highest BCUT2D eigenvalue weighted by molar-refractivity contribution is 6.00. The first-order chi connectivity index (χ1) is 9.56. The summed E-state index contributed by atoms with van der Waals surface area (Å²) in [5, 5.41) is 12.3. The van der Waals surface area contributed by atoms with Crippen LogP contribution in [0, 0.1) is 0 Å². The molecule has 1 unspecified atom stereocenters. The van der Waals surface area contributed by atoms with Crippen molar-refractivity contribution >= 4 is 17.6 Å². The van der Waals surface area contributed by atoms with E-state index < -0.39 is 12.0 Å². The Morgan fingerprint density at radius 1 is 1.50 bits per heavy atom. The molecule has 0 radical (unpaired) electrons. The number of rotatable bonds is 4. The second-order valence-electron chi connectivity index (χ2n) is 4.64. The van der Waals surface area contributed by atoms with Crippen molar-refractivity contribution in [2.24, 2.45) is 0 Å². The number of anilines is 1. The molecule has 0 aliphatic carbocycles. The fourth-order valence-corrected chi connectivity index (χ4v) is 2.28. The molecule has 1 atom stereocenters. The summed E-state index contributed by atoms with van der Waals surface area (Å²) < 4.78 is 5.54. The number of benzene rings is 1. The van der Waals surface area contributed by atoms with E-state index in [4.69, 9.17) is 9.84 Å². The van der Waals surface area contributed by atoms with Crippen LogP contribution in [0.15, 0.2) is 18.2 Å². The molecule has 2 N–H and O–H groups in total. The number of nitrogens with zero attached hydrogens (tertiary/aromatic N) is 1. The molecule has 0 fully saturated rings. The maximum atomic E-state index is 12.5. The van der Waals surface area contributed by atoms with E-state index >= 15 is 0 Å². The topological polar surface area (TPSA) is 78.9 Å². The lowest BCUT2D eigenvalue weighted by Gasteiger charge is -2.26. The van der Waals surface area contributed by atoms with Gasteiger partial charge in [0.25, 0.3) is 5.91 Å². The van der Waals surface area contributed by atoms with Gasteiger partial charge >= 0.3 is 5.97 Å². The molecule has 1 aliphatic rings. The third-order valence-corrected chi connectivity index (χ3v) is 3.37. The molecule has 0 bridgehead atoms. The van der Waals surface area contributed by atoms with E-state index in [2.05, 4.69) is 5.32 Å². The summed E-state index contributed by atoms with van der Waals surface area (Å²) in [6, 6.07) is 4.40. The number of para-hydroxylation sites is 1. The Labute approximate surface area is 117 Å². The summed E-state index contributed by atoms with van der Waals surface area (Å²) in [7, 11) is 1.50. The highest BCUT2D eigenvalue weighted by Gasteiger charge is 2.28. The summed E-state index contributed by atoms with van der Waals surface area (Å²) in [6.07, 6.45) is 0.353. The van der Waals surface area contributed by atoms with Crippen molar-refractivity contribution in [3.8, 4) is 5.75 Å². The van der Waals surface area contributed by atoms with Gasteiger partial charge in [-0.3, -0.25) is 4.79 Å². The summed E-state index contributed by atoms with van der Waals surface area (Å²) in [5.41, 5.74) is 1.15. The largest absolute Gasteiger partial charge is 0.489 e. The van der Waals surface area contributed by atoms with Gasteiger partial charge < -0.3 is 20.1 Å². The van der Waals surface area contributed by atoms with Crippen molar-refractivity contribution in [1.82, 2.24) is 4.90 Å². The molecular weight excluding hydrogens is 260 g/mol. The molecular formula is C14H18N2O4. The lowest BCUT2D eigenvalue weighted by atomic mass is 10.1. The number of carboxylic acid groups (broad SMARTS) is 1. The van der Waals surface area contributed by atoms with Crippen LogP contribution in [0.1, 0.15) is 23.7 Å². The third-order valence-electron chi connectivity index (χ3n) is 3.37. The molecule has 0 aromatic heterocycles. The molecule has 1 amide bonds. The number of aliphatic carboxylic acids is 1. The minimum atomic E-state index is -1.01. The summed E-state index contributed by atoms with van der Waals surface area (Å²) >= 11 is 0. The Bertz CT molecular complexity index is 530. The first-order valence-electron chi connectivity index (χ1n) is 6.56. The van der Waals surface area contributed by atoms with Gasteiger partial charge in [0.05, 0.1) is 11.3 Å². The second-order valence-corrected chi connectivity index (χ2v) is 4.64. The number of hydrogen-bond acceptors (Lipinski definition) is 4. The zero-order chi connectivity index (χ0) is 14.7. The molecule has 1 aliphatic heterocycles. The van der Waals surface area contributed by atoms with Gasteiger partial charge in [0.15, 0.2) is 5.75 Å². The molecule has 20 heavy (non-hydrogen) atoms. The lowest BCUT2D eigenvalue weighted by Crippen LogP contribution is -2.42. The summed E-state index contributed by atoms with van der Waals surface area (Å²) in [5.74, 6) is -0.858. The number of amides is 1. The fourth-order valence-electron chi connectivity index (χ4n) is 2.28. The average molecular weight is 278 g/mol. The normalized spacial score (nSPS) is 14.5. The van der Waals surface area contributed by atoms with Gasteiger partial charge in [-0.05, 0) is 18.6 Å². The van der Waals surface area contributed by atoms with Gasteiger partial charge in [0, 0.05) is 13.6 Å². The van der Waals surface area contributed by atoms with Crippen molar-refractivity contribution < 1.29 is 19.4 Å². The molecule has 6 nitrogen and oxygen atoms in total. The van der Waals surface area contributed by atoms with Crippen LogP contribution in [-0.2, 0) is 4.79 Å². The zero-order valence-electron chi connectivity index (χ0n) is 11.5. The van der Waals surface area contributed by atoms with E-state index in [1.54, 1.807) is 19.1 Å². The molecule has 1 heterocycles. The Morgan fingerprint density at radius 2 is 2.25 bits per heavy atom. The van der Waals surface area contributed by atoms with E-state index in [-0.39, 0.29) is 5.91 Å². The number of fused-ring (bicyclic) bond motifs is 1. The Kier molecular flexibility index (Phi) is 4.12. The molecule has 108 valence electrons. The van der Waals surface area contributed by atoms with E-state index in [1.165, 1.54) is 11.9 Å². The van der Waals surface area contributed by atoms with Crippen LogP contribution in [0.4, 0.5) is 5.69 Å². The van der Waals surface area contributed by atoms with E-state index in [1.807, 2.05) is 6.07 Å². The minimum Gasteiger partial charge on any atom is -0.489 e. The average Bonchev–Trinajstić information content (AvgIpc) is 2.46. The molecule has 1 aromatic carbocycles. The smallest absolute Gasteiger partial charge is 0.326 e. The minimum absolute atomic E-state index is 0.347. The maximum absolute atomic E-state index is 12.5. The Balaban J connectivity index is 2.31. The number of carbonyl (C=O) groups is 2. The molecule has 0 spiro atoms. The van der Waals surface area contributed by atoms with Crippen molar-refractivity contribution in [2.75, 3.05) is 25.5 Å².